The molecule has 4 rings (SSSR count). The summed E-state index contributed by atoms with van der Waals surface area (Å²) >= 11 is 0. The zero-order valence-electron chi connectivity index (χ0n) is 14.4. The molecule has 1 aromatic carbocycles. The summed E-state index contributed by atoms with van der Waals surface area (Å²) in [6.07, 6.45) is 0.519. The van der Waals surface area contributed by atoms with Crippen molar-refractivity contribution in [1.82, 2.24) is 20.2 Å². The Hall–Kier alpha value is -3.76. The van der Waals surface area contributed by atoms with E-state index in [1.807, 2.05) is 42.5 Å². The maximum absolute atomic E-state index is 10.0. The Balaban J connectivity index is 1.65. The molecule has 3 N–H and O–H groups in total. The van der Waals surface area contributed by atoms with Crippen molar-refractivity contribution in [2.24, 2.45) is 0 Å². The van der Waals surface area contributed by atoms with Gasteiger partial charge in [0.2, 0.25) is 5.89 Å². The highest BCUT2D eigenvalue weighted by atomic mass is 16.4. The van der Waals surface area contributed by atoms with Gasteiger partial charge in [0.05, 0.1) is 5.69 Å². The van der Waals surface area contributed by atoms with Crippen LogP contribution < -0.4 is 5.73 Å². The number of aromatic nitrogens is 4. The molecule has 0 aliphatic carbocycles. The molecule has 0 bridgehead atoms. The van der Waals surface area contributed by atoms with Gasteiger partial charge in [-0.1, -0.05) is 30.0 Å². The van der Waals surface area contributed by atoms with Crippen LogP contribution in [0.15, 0.2) is 53.1 Å². The third-order valence-corrected chi connectivity index (χ3v) is 3.92. The summed E-state index contributed by atoms with van der Waals surface area (Å²) in [6, 6.07) is 13.3. The molecule has 0 radical (unpaired) electrons. The second-order valence-electron chi connectivity index (χ2n) is 5.88. The van der Waals surface area contributed by atoms with Crippen LogP contribution in [0.1, 0.15) is 23.4 Å². The van der Waals surface area contributed by atoms with Crippen LogP contribution in [-0.4, -0.2) is 25.3 Å². The fourth-order valence-corrected chi connectivity index (χ4v) is 2.62. The van der Waals surface area contributed by atoms with E-state index in [-0.39, 0.29) is 5.89 Å². The molecule has 0 spiro atoms. The van der Waals surface area contributed by atoms with E-state index >= 15 is 0 Å². The number of rotatable bonds is 2. The smallest absolute Gasteiger partial charge is 0.257 e. The molecular weight excluding hydrogens is 342 g/mol. The Kier molecular flexibility index (Phi) is 4.24. The second kappa shape index (κ2) is 6.86. The average Bonchev–Trinajstić information content (AvgIpc) is 3.13. The lowest BCUT2D eigenvalue weighted by Gasteiger charge is -2.05. The van der Waals surface area contributed by atoms with Gasteiger partial charge >= 0.3 is 0 Å². The van der Waals surface area contributed by atoms with Crippen LogP contribution in [0, 0.1) is 18.8 Å². The Labute approximate surface area is 154 Å². The van der Waals surface area contributed by atoms with Gasteiger partial charge in [-0.3, -0.25) is 0 Å². The number of fused-ring (bicyclic) bond motifs is 1. The summed E-state index contributed by atoms with van der Waals surface area (Å²) in [5.41, 5.74) is 8.96. The third-order valence-electron chi connectivity index (χ3n) is 3.92. The van der Waals surface area contributed by atoms with Crippen molar-refractivity contribution in [2.75, 3.05) is 5.73 Å². The SMILES string of the molecule is Cc1nnc([C@H](O)C#Cc2cccc(-c3ccc4ccnc(N)c4n3)c2)o1. The van der Waals surface area contributed by atoms with Crippen molar-refractivity contribution in [3.63, 3.8) is 0 Å². The molecule has 0 saturated heterocycles. The second-order valence-corrected chi connectivity index (χ2v) is 5.88. The predicted molar refractivity (Wildman–Crippen MR) is 100 cm³/mol. The summed E-state index contributed by atoms with van der Waals surface area (Å²) in [6.45, 7) is 1.65. The first-order valence-corrected chi connectivity index (χ1v) is 8.21. The number of pyridine rings is 2. The predicted octanol–water partition coefficient (Wildman–Crippen LogP) is 2.66. The van der Waals surface area contributed by atoms with Crippen LogP contribution >= 0.6 is 0 Å². The highest BCUT2D eigenvalue weighted by molar-refractivity contribution is 5.88. The molecule has 3 aromatic heterocycles. The Morgan fingerprint density at radius 1 is 1.15 bits per heavy atom. The molecule has 0 aliphatic heterocycles. The van der Waals surface area contributed by atoms with E-state index in [0.29, 0.717) is 17.2 Å². The number of nitrogen functional groups attached to an aromatic ring is 1. The lowest BCUT2D eigenvalue weighted by atomic mass is 10.1. The van der Waals surface area contributed by atoms with E-state index in [4.69, 9.17) is 10.2 Å². The summed E-state index contributed by atoms with van der Waals surface area (Å²) in [5.74, 6) is 6.47. The van der Waals surface area contributed by atoms with Crippen molar-refractivity contribution in [3.05, 3.63) is 66.0 Å². The molecule has 0 fully saturated rings. The fraction of sp³-hybridized carbons (Fsp3) is 0.100. The number of hydrogen-bond donors (Lipinski definition) is 2. The highest BCUT2D eigenvalue weighted by Gasteiger charge is 2.11. The van der Waals surface area contributed by atoms with E-state index in [0.717, 1.165) is 22.2 Å². The van der Waals surface area contributed by atoms with E-state index in [1.165, 1.54) is 0 Å². The molecular formula is C20H15N5O2. The summed E-state index contributed by atoms with van der Waals surface area (Å²) in [5, 5.41) is 18.4. The summed E-state index contributed by atoms with van der Waals surface area (Å²) < 4.78 is 5.18. The lowest BCUT2D eigenvalue weighted by molar-refractivity contribution is 0.197. The minimum atomic E-state index is -1.14. The molecule has 1 atom stereocenters. The van der Waals surface area contributed by atoms with Gasteiger partial charge in [0.15, 0.2) is 6.10 Å². The van der Waals surface area contributed by atoms with Crippen LogP contribution in [0.5, 0.6) is 0 Å². The van der Waals surface area contributed by atoms with Gasteiger partial charge < -0.3 is 15.3 Å². The van der Waals surface area contributed by atoms with Crippen molar-refractivity contribution >= 4 is 16.7 Å². The van der Waals surface area contributed by atoms with Gasteiger partial charge in [-0.15, -0.1) is 10.2 Å². The summed E-state index contributed by atoms with van der Waals surface area (Å²) in [7, 11) is 0. The minimum absolute atomic E-state index is 0.0790. The molecule has 0 unspecified atom stereocenters. The van der Waals surface area contributed by atoms with E-state index in [9.17, 15) is 5.11 Å². The number of nitrogens with two attached hydrogens (primary N) is 1. The normalized spacial score (nSPS) is 11.8. The maximum atomic E-state index is 10.0. The fourth-order valence-electron chi connectivity index (χ4n) is 2.62. The van der Waals surface area contributed by atoms with Crippen LogP contribution in [0.2, 0.25) is 0 Å². The van der Waals surface area contributed by atoms with Crippen molar-refractivity contribution < 1.29 is 9.52 Å². The van der Waals surface area contributed by atoms with E-state index in [1.54, 1.807) is 13.1 Å². The van der Waals surface area contributed by atoms with Gasteiger partial charge in [-0.25, -0.2) is 9.97 Å². The molecule has 4 aromatic rings. The Bertz CT molecular complexity index is 1190. The van der Waals surface area contributed by atoms with Gasteiger partial charge in [0.25, 0.3) is 5.89 Å². The van der Waals surface area contributed by atoms with Crippen LogP contribution in [0.4, 0.5) is 5.82 Å². The van der Waals surface area contributed by atoms with Crippen LogP contribution in [0.3, 0.4) is 0 Å². The number of benzene rings is 1. The van der Waals surface area contributed by atoms with E-state index in [2.05, 4.69) is 32.0 Å². The standard InChI is InChI=1S/C20H15N5O2/c1-12-24-25-20(27-12)17(26)8-5-13-3-2-4-15(11-13)16-7-6-14-9-10-22-19(21)18(14)23-16/h2-4,6-7,9-11,17,26H,1H3,(H2,21,22)/t17-/m1/s1. The lowest BCUT2D eigenvalue weighted by Crippen LogP contribution is -1.95. The zero-order chi connectivity index (χ0) is 18.8. The van der Waals surface area contributed by atoms with Crippen molar-refractivity contribution in [1.29, 1.82) is 0 Å². The molecule has 0 saturated carbocycles. The third kappa shape index (κ3) is 3.47. The quantitative estimate of drug-likeness (QED) is 0.531. The van der Waals surface area contributed by atoms with Gasteiger partial charge in [-0.2, -0.15) is 0 Å². The minimum Gasteiger partial charge on any atom is -0.422 e. The van der Waals surface area contributed by atoms with Gasteiger partial charge in [0, 0.05) is 29.6 Å². The number of anilines is 1. The number of aliphatic hydroxyl groups is 1. The highest BCUT2D eigenvalue weighted by Crippen LogP contribution is 2.23. The molecule has 0 aliphatic rings. The van der Waals surface area contributed by atoms with Crippen LogP contribution in [0.25, 0.3) is 22.2 Å². The number of aliphatic hydroxyl groups excluding tert-OH is 1. The number of nitrogens with zero attached hydrogens (tertiary/aromatic N) is 4. The molecule has 7 heteroatoms. The first-order chi connectivity index (χ1) is 13.1. The molecule has 27 heavy (non-hydrogen) atoms. The Morgan fingerprint density at radius 3 is 2.85 bits per heavy atom. The average molecular weight is 357 g/mol. The van der Waals surface area contributed by atoms with Crippen LogP contribution in [-0.2, 0) is 0 Å². The van der Waals surface area contributed by atoms with Crippen molar-refractivity contribution in [3.8, 4) is 23.1 Å². The zero-order valence-corrected chi connectivity index (χ0v) is 14.4. The largest absolute Gasteiger partial charge is 0.422 e. The number of hydrogen-bond acceptors (Lipinski definition) is 7. The van der Waals surface area contributed by atoms with Crippen molar-refractivity contribution in [2.45, 2.75) is 13.0 Å². The first-order valence-electron chi connectivity index (χ1n) is 8.21. The maximum Gasteiger partial charge on any atom is 0.257 e. The molecule has 0 amide bonds. The van der Waals surface area contributed by atoms with Gasteiger partial charge in [0.1, 0.15) is 11.3 Å². The topological polar surface area (TPSA) is 111 Å². The molecule has 3 heterocycles. The summed E-state index contributed by atoms with van der Waals surface area (Å²) in [4.78, 5) is 8.70. The molecule has 132 valence electrons. The monoisotopic (exact) mass is 357 g/mol. The Morgan fingerprint density at radius 2 is 2.04 bits per heavy atom. The molecule has 7 nitrogen and oxygen atoms in total. The van der Waals surface area contributed by atoms with Gasteiger partial charge in [-0.05, 0) is 24.3 Å². The van der Waals surface area contributed by atoms with E-state index < -0.39 is 6.10 Å². The first kappa shape index (κ1) is 16.7. The number of aryl methyl sites for hydroxylation is 1.